The van der Waals surface area contributed by atoms with E-state index in [0.717, 1.165) is 5.56 Å². The molecule has 0 bridgehead atoms. The normalized spacial score (nSPS) is 12.8. The number of anilines is 1. The zero-order valence-electron chi connectivity index (χ0n) is 20.7. The van der Waals surface area contributed by atoms with E-state index in [9.17, 15) is 18.7 Å². The van der Waals surface area contributed by atoms with E-state index in [1.807, 2.05) is 6.92 Å². The van der Waals surface area contributed by atoms with Gasteiger partial charge in [-0.25, -0.2) is 13.8 Å². The van der Waals surface area contributed by atoms with Gasteiger partial charge in [-0.1, -0.05) is 30.8 Å². The van der Waals surface area contributed by atoms with Gasteiger partial charge in [-0.15, -0.1) is 0 Å². The molecule has 7 nitrogen and oxygen atoms in total. The molecule has 10 heteroatoms. The lowest BCUT2D eigenvalue weighted by Gasteiger charge is -2.25. The van der Waals surface area contributed by atoms with Crippen molar-refractivity contribution in [2.75, 3.05) is 5.32 Å². The number of aromatic nitrogens is 3. The Kier molecular flexibility index (Phi) is 7.35. The topological polar surface area (TPSA) is 97.2 Å². The third-order valence-electron chi connectivity index (χ3n) is 6.20. The van der Waals surface area contributed by atoms with E-state index in [1.165, 1.54) is 42.1 Å². The molecule has 5 rings (SSSR count). The Balaban J connectivity index is 1.56. The van der Waals surface area contributed by atoms with Gasteiger partial charge in [0.05, 0.1) is 28.7 Å². The van der Waals surface area contributed by atoms with Crippen LogP contribution in [0.5, 0.6) is 11.6 Å². The zero-order chi connectivity index (χ0) is 26.8. The lowest BCUT2D eigenvalue weighted by molar-refractivity contribution is -0.115. The van der Waals surface area contributed by atoms with Crippen molar-refractivity contribution in [3.8, 4) is 23.0 Å². The third kappa shape index (κ3) is 5.09. The molecule has 1 amide bonds. The molecule has 0 fully saturated rings. The maximum absolute atomic E-state index is 14.7. The summed E-state index contributed by atoms with van der Waals surface area (Å²) in [5.74, 6) is -0.282. The van der Waals surface area contributed by atoms with Gasteiger partial charge in [0.2, 0.25) is 11.8 Å². The number of benzene rings is 2. The van der Waals surface area contributed by atoms with Crippen LogP contribution in [0, 0.1) is 18.6 Å². The predicted octanol–water partition coefficient (Wildman–Crippen LogP) is 5.82. The average molecular weight is 535 g/mol. The van der Waals surface area contributed by atoms with Gasteiger partial charge in [0.15, 0.2) is 11.6 Å². The number of aliphatic hydroxyl groups is 1. The van der Waals surface area contributed by atoms with Gasteiger partial charge in [0.25, 0.3) is 0 Å². The van der Waals surface area contributed by atoms with Gasteiger partial charge in [-0.2, -0.15) is 4.98 Å². The summed E-state index contributed by atoms with van der Waals surface area (Å²) >= 11 is 1.22. The Morgan fingerprint density at radius 3 is 2.61 bits per heavy atom. The van der Waals surface area contributed by atoms with Gasteiger partial charge < -0.3 is 15.2 Å². The van der Waals surface area contributed by atoms with Crippen molar-refractivity contribution in [3.05, 3.63) is 88.7 Å². The average Bonchev–Trinajstić information content (AvgIpc) is 2.92. The Hall–Kier alpha value is -3.89. The Labute approximate surface area is 222 Å². The maximum Gasteiger partial charge on any atom is 0.237 e. The second kappa shape index (κ2) is 10.8. The van der Waals surface area contributed by atoms with E-state index in [0.29, 0.717) is 46.1 Å². The maximum atomic E-state index is 14.7. The number of amides is 1. The number of carbonyl (C=O) groups is 1. The Morgan fingerprint density at radius 2 is 1.89 bits per heavy atom. The third-order valence-corrected chi connectivity index (χ3v) is 7.59. The molecule has 3 heterocycles. The molecule has 0 radical (unpaired) electrons. The summed E-state index contributed by atoms with van der Waals surface area (Å²) in [6.07, 6.45) is 2.42. The first kappa shape index (κ1) is 25.7. The van der Waals surface area contributed by atoms with Crippen LogP contribution in [-0.2, 0) is 17.8 Å². The van der Waals surface area contributed by atoms with Crippen LogP contribution in [0.25, 0.3) is 11.4 Å². The van der Waals surface area contributed by atoms with E-state index in [-0.39, 0.29) is 29.8 Å². The van der Waals surface area contributed by atoms with Crippen LogP contribution in [0.3, 0.4) is 0 Å². The largest absolute Gasteiger partial charge is 0.436 e. The number of nitrogens with one attached hydrogen (secondary N) is 1. The fraction of sp³-hybridized carbons (Fsp3) is 0.214. The van der Waals surface area contributed by atoms with Crippen molar-refractivity contribution in [1.29, 1.82) is 0 Å². The molecule has 0 saturated heterocycles. The number of nitrogens with zero attached hydrogens (tertiary/aromatic N) is 3. The summed E-state index contributed by atoms with van der Waals surface area (Å²) in [5.41, 5.74) is 3.32. The van der Waals surface area contributed by atoms with E-state index >= 15 is 0 Å². The molecule has 2 aromatic carbocycles. The van der Waals surface area contributed by atoms with Crippen molar-refractivity contribution >= 4 is 23.4 Å². The molecule has 0 saturated carbocycles. The first-order valence-corrected chi connectivity index (χ1v) is 12.9. The fourth-order valence-electron chi connectivity index (χ4n) is 4.17. The molecule has 1 atom stereocenters. The first-order valence-electron chi connectivity index (χ1n) is 12.0. The Bertz CT molecular complexity index is 1520. The molecular weight excluding hydrogens is 510 g/mol. The lowest BCUT2D eigenvalue weighted by Crippen LogP contribution is -2.25. The highest BCUT2D eigenvalue weighted by Crippen LogP contribution is 2.43. The van der Waals surface area contributed by atoms with Crippen LogP contribution in [0.4, 0.5) is 14.5 Å². The van der Waals surface area contributed by atoms with E-state index in [1.54, 1.807) is 31.3 Å². The minimum Gasteiger partial charge on any atom is -0.436 e. The number of fused-ring (bicyclic) bond motifs is 2. The summed E-state index contributed by atoms with van der Waals surface area (Å²) in [6, 6.07) is 11.7. The highest BCUT2D eigenvalue weighted by atomic mass is 32.2. The smallest absolute Gasteiger partial charge is 0.237 e. The standard InChI is InChI=1S/C28H24F2N4O3S/c1-3-23(26(36)32-18-10-8-17(29)9-11-18)38-28-21-12-20-16(14-35)13-31-15(2)24(20)37-27(21)33-25(34-28)19-6-4-5-7-22(19)30/h4-11,13,23,35H,3,12,14H2,1-2H3,(H,32,36). The van der Waals surface area contributed by atoms with Crippen molar-refractivity contribution in [2.45, 2.75) is 43.6 Å². The number of hydrogen-bond donors (Lipinski definition) is 2. The van der Waals surface area contributed by atoms with Crippen molar-refractivity contribution in [2.24, 2.45) is 0 Å². The minimum atomic E-state index is -0.564. The van der Waals surface area contributed by atoms with Gasteiger partial charge in [0, 0.05) is 29.4 Å². The van der Waals surface area contributed by atoms with Crippen LogP contribution in [0.1, 0.15) is 35.7 Å². The number of halogens is 2. The summed E-state index contributed by atoms with van der Waals surface area (Å²) < 4.78 is 34.2. The first-order chi connectivity index (χ1) is 18.4. The molecule has 194 valence electrons. The minimum absolute atomic E-state index is 0.130. The number of aliphatic hydroxyl groups excluding tert-OH is 1. The van der Waals surface area contributed by atoms with Gasteiger partial charge in [0.1, 0.15) is 16.7 Å². The van der Waals surface area contributed by atoms with Crippen LogP contribution in [0.15, 0.2) is 59.8 Å². The number of ether oxygens (including phenoxy) is 1. The van der Waals surface area contributed by atoms with Crippen molar-refractivity contribution in [3.63, 3.8) is 0 Å². The summed E-state index contributed by atoms with van der Waals surface area (Å²) in [6.45, 7) is 3.45. The molecule has 4 aromatic rings. The monoisotopic (exact) mass is 534 g/mol. The zero-order valence-corrected chi connectivity index (χ0v) is 21.5. The molecule has 2 aromatic heterocycles. The molecule has 0 aliphatic carbocycles. The molecular formula is C28H24F2N4O3S. The highest BCUT2D eigenvalue weighted by molar-refractivity contribution is 8.00. The van der Waals surface area contributed by atoms with E-state index in [4.69, 9.17) is 4.74 Å². The number of rotatable bonds is 7. The lowest BCUT2D eigenvalue weighted by atomic mass is 9.99. The van der Waals surface area contributed by atoms with Crippen molar-refractivity contribution in [1.82, 2.24) is 15.0 Å². The van der Waals surface area contributed by atoms with E-state index < -0.39 is 16.9 Å². The molecule has 1 aliphatic rings. The number of aryl methyl sites for hydroxylation is 1. The number of pyridine rings is 1. The summed E-state index contributed by atoms with van der Waals surface area (Å²) in [4.78, 5) is 26.7. The van der Waals surface area contributed by atoms with Crippen LogP contribution < -0.4 is 10.1 Å². The fourth-order valence-corrected chi connectivity index (χ4v) is 5.21. The van der Waals surface area contributed by atoms with Crippen LogP contribution >= 0.6 is 11.8 Å². The molecule has 0 spiro atoms. The molecule has 2 N–H and O–H groups in total. The SMILES string of the molecule is CCC(Sc1nc(-c2ccccc2F)nc2c1Cc1c(CO)cnc(C)c1O2)C(=O)Nc1ccc(F)cc1. The summed E-state index contributed by atoms with van der Waals surface area (Å²) in [7, 11) is 0. The predicted molar refractivity (Wildman–Crippen MR) is 140 cm³/mol. The Morgan fingerprint density at radius 1 is 1.13 bits per heavy atom. The van der Waals surface area contributed by atoms with Gasteiger partial charge >= 0.3 is 0 Å². The molecule has 1 aliphatic heterocycles. The van der Waals surface area contributed by atoms with Crippen LogP contribution in [0.2, 0.25) is 0 Å². The quantitative estimate of drug-likeness (QED) is 0.201. The van der Waals surface area contributed by atoms with Crippen molar-refractivity contribution < 1.29 is 23.4 Å². The number of carbonyl (C=O) groups excluding carboxylic acids is 1. The summed E-state index contributed by atoms with van der Waals surface area (Å²) in [5, 5.41) is 12.6. The molecule has 38 heavy (non-hydrogen) atoms. The second-order valence-electron chi connectivity index (χ2n) is 8.74. The van der Waals surface area contributed by atoms with Gasteiger partial charge in [-0.3, -0.25) is 9.78 Å². The number of thioether (sulfide) groups is 1. The van der Waals surface area contributed by atoms with E-state index in [2.05, 4.69) is 20.3 Å². The highest BCUT2D eigenvalue weighted by Gasteiger charge is 2.30. The number of hydrogen-bond acceptors (Lipinski definition) is 7. The van der Waals surface area contributed by atoms with Crippen LogP contribution in [-0.4, -0.2) is 31.2 Å². The second-order valence-corrected chi connectivity index (χ2v) is 9.93. The molecule has 1 unspecified atom stereocenters. The van der Waals surface area contributed by atoms with Gasteiger partial charge in [-0.05, 0) is 49.7 Å².